The van der Waals surface area contributed by atoms with Crippen LogP contribution in [-0.2, 0) is 4.79 Å². The van der Waals surface area contributed by atoms with Crippen molar-refractivity contribution < 1.29 is 19.1 Å². The van der Waals surface area contributed by atoms with Gasteiger partial charge in [-0.3, -0.25) is 4.79 Å². The number of rotatable bonds is 6. The van der Waals surface area contributed by atoms with Crippen LogP contribution in [0.5, 0.6) is 11.6 Å². The van der Waals surface area contributed by atoms with Gasteiger partial charge < -0.3 is 19.7 Å². The fraction of sp³-hybridized carbons (Fsp3) is 0.296. The van der Waals surface area contributed by atoms with Gasteiger partial charge in [0.2, 0.25) is 11.8 Å². The summed E-state index contributed by atoms with van der Waals surface area (Å²) in [5, 5.41) is 3.23. The number of carbonyl (C=O) groups is 2. The van der Waals surface area contributed by atoms with Crippen LogP contribution in [0.3, 0.4) is 0 Å². The summed E-state index contributed by atoms with van der Waals surface area (Å²) in [5.74, 6) is 0.827. The van der Waals surface area contributed by atoms with Crippen molar-refractivity contribution in [1.82, 2.24) is 15.2 Å². The third kappa shape index (κ3) is 5.54. The van der Waals surface area contributed by atoms with Crippen molar-refractivity contribution in [3.05, 3.63) is 89.6 Å². The average molecular weight is 460 g/mol. The summed E-state index contributed by atoms with van der Waals surface area (Å²) in [6.45, 7) is 2.98. The number of amides is 2. The Bertz CT molecular complexity index is 1110. The molecule has 34 heavy (non-hydrogen) atoms. The van der Waals surface area contributed by atoms with E-state index in [1.165, 1.54) is 0 Å². The van der Waals surface area contributed by atoms with E-state index in [4.69, 9.17) is 9.47 Å². The zero-order valence-corrected chi connectivity index (χ0v) is 19.4. The molecule has 0 radical (unpaired) electrons. The van der Waals surface area contributed by atoms with Crippen LogP contribution in [0.25, 0.3) is 0 Å². The molecule has 1 N–H and O–H groups in total. The molecule has 2 aromatic carbocycles. The summed E-state index contributed by atoms with van der Waals surface area (Å²) < 4.78 is 10.6. The molecule has 3 aromatic rings. The maximum atomic E-state index is 13.3. The highest BCUT2D eigenvalue weighted by atomic mass is 16.6. The number of piperidine rings is 1. The molecule has 7 heteroatoms. The number of para-hydroxylation sites is 1. The molecule has 0 aliphatic carbocycles. The lowest BCUT2D eigenvalue weighted by Gasteiger charge is -2.32. The molecule has 2 heterocycles. The van der Waals surface area contributed by atoms with Gasteiger partial charge in [0.1, 0.15) is 5.75 Å². The number of ether oxygens (including phenoxy) is 2. The lowest BCUT2D eigenvalue weighted by molar-refractivity contribution is -0.126. The number of aromatic nitrogens is 1. The largest absolute Gasteiger partial charge is 0.481 e. The highest BCUT2D eigenvalue weighted by Crippen LogP contribution is 2.27. The fourth-order valence-electron chi connectivity index (χ4n) is 4.17. The van der Waals surface area contributed by atoms with Crippen LogP contribution in [-0.4, -0.2) is 42.1 Å². The van der Waals surface area contributed by atoms with Crippen LogP contribution in [0, 0.1) is 12.8 Å². The third-order valence-electron chi connectivity index (χ3n) is 6.16. The number of hydrogen-bond donors (Lipinski definition) is 1. The maximum Gasteiger partial charge on any atom is 0.415 e. The summed E-state index contributed by atoms with van der Waals surface area (Å²) in [6, 6.07) is 20.4. The van der Waals surface area contributed by atoms with Crippen molar-refractivity contribution >= 4 is 12.0 Å². The fourth-order valence-corrected chi connectivity index (χ4v) is 4.17. The molecule has 4 rings (SSSR count). The second-order valence-corrected chi connectivity index (χ2v) is 8.37. The minimum Gasteiger partial charge on any atom is -0.481 e. The van der Waals surface area contributed by atoms with Crippen LogP contribution in [0.15, 0.2) is 72.9 Å². The molecule has 2 amide bonds. The van der Waals surface area contributed by atoms with Crippen LogP contribution in [0.2, 0.25) is 0 Å². The molecule has 0 spiro atoms. The molecule has 1 aromatic heterocycles. The molecular formula is C27H29N3O4. The molecule has 1 atom stereocenters. The molecule has 1 aliphatic heterocycles. The standard InChI is InChI=1S/C27H29N3O4/c1-19-8-6-7-11-23(19)25(21-12-13-24(33-2)28-18-21)29-26(31)20-14-16-30(17-15-20)27(32)34-22-9-4-3-5-10-22/h3-13,18,20,25H,14-17H2,1-2H3,(H,29,31). The summed E-state index contributed by atoms with van der Waals surface area (Å²) in [5.41, 5.74) is 2.99. The first-order valence-electron chi connectivity index (χ1n) is 11.4. The van der Waals surface area contributed by atoms with E-state index in [1.54, 1.807) is 36.4 Å². The molecule has 7 nitrogen and oxygen atoms in total. The molecule has 1 saturated heterocycles. The van der Waals surface area contributed by atoms with E-state index in [-0.39, 0.29) is 24.0 Å². The van der Waals surface area contributed by atoms with E-state index in [0.717, 1.165) is 16.7 Å². The normalized spacial score (nSPS) is 14.8. The minimum atomic E-state index is -0.382. The first-order valence-corrected chi connectivity index (χ1v) is 11.4. The molecule has 0 saturated carbocycles. The smallest absolute Gasteiger partial charge is 0.415 e. The van der Waals surface area contributed by atoms with Crippen LogP contribution in [0.4, 0.5) is 4.79 Å². The number of nitrogens with zero attached hydrogens (tertiary/aromatic N) is 2. The topological polar surface area (TPSA) is 80.8 Å². The first-order chi connectivity index (χ1) is 16.5. The Morgan fingerprint density at radius 1 is 1.00 bits per heavy atom. The Kier molecular flexibility index (Phi) is 7.42. The highest BCUT2D eigenvalue weighted by molar-refractivity contribution is 5.80. The van der Waals surface area contributed by atoms with Crippen molar-refractivity contribution in [3.8, 4) is 11.6 Å². The lowest BCUT2D eigenvalue weighted by Crippen LogP contribution is -2.44. The number of pyridine rings is 1. The molecule has 1 fully saturated rings. The molecule has 0 bridgehead atoms. The quantitative estimate of drug-likeness (QED) is 0.586. The van der Waals surface area contributed by atoms with Gasteiger partial charge in [-0.25, -0.2) is 9.78 Å². The zero-order valence-electron chi connectivity index (χ0n) is 19.4. The Morgan fingerprint density at radius 2 is 1.71 bits per heavy atom. The van der Waals surface area contributed by atoms with Gasteiger partial charge in [-0.2, -0.15) is 0 Å². The monoisotopic (exact) mass is 459 g/mol. The second kappa shape index (κ2) is 10.8. The van der Waals surface area contributed by atoms with E-state index in [1.807, 2.05) is 55.5 Å². The molecule has 1 unspecified atom stereocenters. The van der Waals surface area contributed by atoms with Gasteiger partial charge in [0, 0.05) is 31.3 Å². The SMILES string of the molecule is COc1ccc(C(NC(=O)C2CCN(C(=O)Oc3ccccc3)CC2)c2ccccc2C)cn1. The maximum absolute atomic E-state index is 13.3. The van der Waals surface area contributed by atoms with Gasteiger partial charge in [0.15, 0.2) is 0 Å². The molecule has 176 valence electrons. The Hall–Kier alpha value is -3.87. The number of benzene rings is 2. The summed E-state index contributed by atoms with van der Waals surface area (Å²) in [6.07, 6.45) is 2.51. The van der Waals surface area contributed by atoms with Gasteiger partial charge in [-0.1, -0.05) is 42.5 Å². The van der Waals surface area contributed by atoms with Crippen molar-refractivity contribution in [3.63, 3.8) is 0 Å². The van der Waals surface area contributed by atoms with E-state index in [2.05, 4.69) is 10.3 Å². The first kappa shape index (κ1) is 23.3. The van der Waals surface area contributed by atoms with Crippen LogP contribution in [0.1, 0.15) is 35.6 Å². The van der Waals surface area contributed by atoms with E-state index in [0.29, 0.717) is 37.6 Å². The number of carbonyl (C=O) groups excluding carboxylic acids is 2. The Balaban J connectivity index is 1.42. The summed E-state index contributed by atoms with van der Waals surface area (Å²) in [7, 11) is 1.57. The third-order valence-corrected chi connectivity index (χ3v) is 6.16. The van der Waals surface area contributed by atoms with Gasteiger partial charge in [-0.15, -0.1) is 0 Å². The number of nitrogens with one attached hydrogen (secondary N) is 1. The Morgan fingerprint density at radius 3 is 2.35 bits per heavy atom. The van der Waals surface area contributed by atoms with E-state index < -0.39 is 0 Å². The summed E-state index contributed by atoms with van der Waals surface area (Å²) >= 11 is 0. The van der Waals surface area contributed by atoms with Gasteiger partial charge >= 0.3 is 6.09 Å². The van der Waals surface area contributed by atoms with Gasteiger partial charge in [0.05, 0.1) is 13.2 Å². The second-order valence-electron chi connectivity index (χ2n) is 8.37. The predicted octanol–water partition coefficient (Wildman–Crippen LogP) is 4.52. The number of hydrogen-bond acceptors (Lipinski definition) is 5. The van der Waals surface area contributed by atoms with Crippen molar-refractivity contribution in [1.29, 1.82) is 0 Å². The highest BCUT2D eigenvalue weighted by Gasteiger charge is 2.30. The van der Waals surface area contributed by atoms with Crippen molar-refractivity contribution in [2.75, 3.05) is 20.2 Å². The zero-order chi connectivity index (χ0) is 23.9. The molecule has 1 aliphatic rings. The van der Waals surface area contributed by atoms with Crippen LogP contribution >= 0.6 is 0 Å². The van der Waals surface area contributed by atoms with Gasteiger partial charge in [0.25, 0.3) is 0 Å². The summed E-state index contributed by atoms with van der Waals surface area (Å²) in [4.78, 5) is 31.7. The number of methoxy groups -OCH3 is 1. The average Bonchev–Trinajstić information content (AvgIpc) is 2.88. The number of aryl methyl sites for hydroxylation is 1. The lowest BCUT2D eigenvalue weighted by atomic mass is 9.92. The van der Waals surface area contributed by atoms with Crippen LogP contribution < -0.4 is 14.8 Å². The Labute approximate surface area is 199 Å². The van der Waals surface area contributed by atoms with Crippen molar-refractivity contribution in [2.24, 2.45) is 5.92 Å². The van der Waals surface area contributed by atoms with Gasteiger partial charge in [-0.05, 0) is 54.7 Å². The minimum absolute atomic E-state index is 0.0276. The number of likely N-dealkylation sites (tertiary alicyclic amines) is 1. The predicted molar refractivity (Wildman–Crippen MR) is 129 cm³/mol. The molecular weight excluding hydrogens is 430 g/mol. The van der Waals surface area contributed by atoms with E-state index in [9.17, 15) is 9.59 Å². The van der Waals surface area contributed by atoms with E-state index >= 15 is 0 Å². The van der Waals surface area contributed by atoms with Crippen molar-refractivity contribution in [2.45, 2.75) is 25.8 Å².